The smallest absolute Gasteiger partial charge is 0.164 e. The Hall–Kier alpha value is -1.31. The van der Waals surface area contributed by atoms with Gasteiger partial charge in [-0.25, -0.2) is 14.1 Å². The molecule has 0 aliphatic heterocycles. The topological polar surface area (TPSA) is 52.0 Å². The van der Waals surface area contributed by atoms with Gasteiger partial charge in [-0.1, -0.05) is 12.1 Å². The number of hydrogen-bond donors (Lipinski definition) is 1. The lowest BCUT2D eigenvalue weighted by Gasteiger charge is -2.05. The second-order valence-electron chi connectivity index (χ2n) is 4.24. The molecular formula is C13H16BrFN4O. The van der Waals surface area contributed by atoms with E-state index in [1.54, 1.807) is 24.2 Å². The van der Waals surface area contributed by atoms with Crippen LogP contribution in [0, 0.1) is 5.82 Å². The molecule has 7 heteroatoms. The van der Waals surface area contributed by atoms with Crippen molar-refractivity contribution in [2.75, 3.05) is 20.3 Å². The number of ether oxygens (including phenoxy) is 1. The Kier molecular flexibility index (Phi) is 5.63. The zero-order valence-electron chi connectivity index (χ0n) is 11.1. The molecule has 0 bridgehead atoms. The first kappa shape index (κ1) is 15.1. The molecule has 0 saturated carbocycles. The zero-order chi connectivity index (χ0) is 14.4. The summed E-state index contributed by atoms with van der Waals surface area (Å²) in [4.78, 5) is 4.20. The number of benzene rings is 1. The monoisotopic (exact) mass is 342 g/mol. The van der Waals surface area contributed by atoms with Crippen LogP contribution in [-0.2, 0) is 17.8 Å². The van der Waals surface area contributed by atoms with Crippen LogP contribution < -0.4 is 5.32 Å². The first-order valence-electron chi connectivity index (χ1n) is 6.21. The standard InChI is InChI=1S/C13H16BrFN4O/c1-20-6-5-16-7-12-17-9-19(18-12)8-10-3-2-4-11(15)13(10)14/h2-4,9,16H,5-8H2,1H3. The van der Waals surface area contributed by atoms with Crippen molar-refractivity contribution in [3.05, 3.63) is 46.2 Å². The molecule has 0 spiro atoms. The molecule has 5 nitrogen and oxygen atoms in total. The summed E-state index contributed by atoms with van der Waals surface area (Å²) in [7, 11) is 1.66. The van der Waals surface area contributed by atoms with Crippen LogP contribution in [0.4, 0.5) is 4.39 Å². The Balaban J connectivity index is 1.94. The van der Waals surface area contributed by atoms with E-state index in [1.165, 1.54) is 6.07 Å². The van der Waals surface area contributed by atoms with Crippen LogP contribution in [0.25, 0.3) is 0 Å². The van der Waals surface area contributed by atoms with E-state index >= 15 is 0 Å². The molecule has 0 atom stereocenters. The van der Waals surface area contributed by atoms with Gasteiger partial charge in [0.15, 0.2) is 5.82 Å². The number of hydrogen-bond acceptors (Lipinski definition) is 4. The number of nitrogens with zero attached hydrogens (tertiary/aromatic N) is 3. The highest BCUT2D eigenvalue weighted by Crippen LogP contribution is 2.20. The first-order chi connectivity index (χ1) is 9.70. The van der Waals surface area contributed by atoms with Gasteiger partial charge in [-0.3, -0.25) is 0 Å². The third-order valence-electron chi connectivity index (χ3n) is 2.71. The maximum atomic E-state index is 13.4. The normalized spacial score (nSPS) is 10.9. The van der Waals surface area contributed by atoms with Crippen molar-refractivity contribution in [3.8, 4) is 0 Å². The molecular weight excluding hydrogens is 327 g/mol. The summed E-state index contributed by atoms with van der Waals surface area (Å²) >= 11 is 3.24. The molecule has 1 heterocycles. The molecule has 0 saturated heterocycles. The number of halogens is 2. The minimum atomic E-state index is -0.274. The van der Waals surface area contributed by atoms with E-state index in [0.29, 0.717) is 30.0 Å². The van der Waals surface area contributed by atoms with Crippen molar-refractivity contribution in [2.24, 2.45) is 0 Å². The van der Waals surface area contributed by atoms with Crippen LogP contribution >= 0.6 is 15.9 Å². The quantitative estimate of drug-likeness (QED) is 0.781. The average molecular weight is 343 g/mol. The lowest BCUT2D eigenvalue weighted by molar-refractivity contribution is 0.199. The fourth-order valence-electron chi connectivity index (χ4n) is 1.71. The van der Waals surface area contributed by atoms with E-state index in [2.05, 4.69) is 31.3 Å². The number of aromatic nitrogens is 3. The van der Waals surface area contributed by atoms with Crippen molar-refractivity contribution < 1.29 is 9.13 Å². The average Bonchev–Trinajstić information content (AvgIpc) is 2.88. The van der Waals surface area contributed by atoms with E-state index in [0.717, 1.165) is 12.1 Å². The predicted molar refractivity (Wildman–Crippen MR) is 76.8 cm³/mol. The van der Waals surface area contributed by atoms with Crippen molar-refractivity contribution in [1.29, 1.82) is 0 Å². The molecule has 0 amide bonds. The number of nitrogens with one attached hydrogen (secondary N) is 1. The Morgan fingerprint density at radius 1 is 1.45 bits per heavy atom. The van der Waals surface area contributed by atoms with Crippen molar-refractivity contribution in [1.82, 2.24) is 20.1 Å². The minimum Gasteiger partial charge on any atom is -0.383 e. The van der Waals surface area contributed by atoms with Crippen LogP contribution in [0.3, 0.4) is 0 Å². The molecule has 108 valence electrons. The van der Waals surface area contributed by atoms with Gasteiger partial charge in [-0.05, 0) is 27.6 Å². The van der Waals surface area contributed by atoms with Crippen LogP contribution in [-0.4, -0.2) is 35.0 Å². The fourth-order valence-corrected chi connectivity index (χ4v) is 2.10. The highest BCUT2D eigenvalue weighted by molar-refractivity contribution is 9.10. The van der Waals surface area contributed by atoms with Crippen LogP contribution in [0.1, 0.15) is 11.4 Å². The summed E-state index contributed by atoms with van der Waals surface area (Å²) in [6, 6.07) is 4.95. The van der Waals surface area contributed by atoms with E-state index in [-0.39, 0.29) is 5.82 Å². The second kappa shape index (κ2) is 7.47. The fraction of sp³-hybridized carbons (Fsp3) is 0.385. The molecule has 1 aromatic carbocycles. The van der Waals surface area contributed by atoms with Gasteiger partial charge in [0.25, 0.3) is 0 Å². The number of rotatable bonds is 7. The molecule has 0 fully saturated rings. The van der Waals surface area contributed by atoms with Crippen molar-refractivity contribution >= 4 is 15.9 Å². The largest absolute Gasteiger partial charge is 0.383 e. The van der Waals surface area contributed by atoms with Crippen LogP contribution in [0.2, 0.25) is 0 Å². The highest BCUT2D eigenvalue weighted by Gasteiger charge is 2.07. The van der Waals surface area contributed by atoms with Gasteiger partial charge >= 0.3 is 0 Å². The first-order valence-corrected chi connectivity index (χ1v) is 7.01. The maximum absolute atomic E-state index is 13.4. The maximum Gasteiger partial charge on any atom is 0.164 e. The lowest BCUT2D eigenvalue weighted by atomic mass is 10.2. The van der Waals surface area contributed by atoms with Gasteiger partial charge in [0.05, 0.1) is 24.2 Å². The summed E-state index contributed by atoms with van der Waals surface area (Å²) in [5.74, 6) is 0.428. The van der Waals surface area contributed by atoms with Crippen LogP contribution in [0.5, 0.6) is 0 Å². The SMILES string of the molecule is COCCNCc1ncn(Cc2cccc(F)c2Br)n1. The van der Waals surface area contributed by atoms with Gasteiger partial charge in [-0.2, -0.15) is 5.10 Å². The van der Waals surface area contributed by atoms with Gasteiger partial charge in [0.1, 0.15) is 12.1 Å². The summed E-state index contributed by atoms with van der Waals surface area (Å²) in [5.41, 5.74) is 0.828. The number of methoxy groups -OCH3 is 1. The predicted octanol–water partition coefficient (Wildman–Crippen LogP) is 1.96. The summed E-state index contributed by atoms with van der Waals surface area (Å²) in [6.07, 6.45) is 1.64. The summed E-state index contributed by atoms with van der Waals surface area (Å²) in [5, 5.41) is 7.50. The van der Waals surface area contributed by atoms with Crippen molar-refractivity contribution in [2.45, 2.75) is 13.1 Å². The molecule has 0 unspecified atom stereocenters. The van der Waals surface area contributed by atoms with Gasteiger partial charge in [-0.15, -0.1) is 0 Å². The van der Waals surface area contributed by atoms with Gasteiger partial charge in [0.2, 0.25) is 0 Å². The molecule has 1 aromatic heterocycles. The molecule has 20 heavy (non-hydrogen) atoms. The highest BCUT2D eigenvalue weighted by atomic mass is 79.9. The third kappa shape index (κ3) is 4.09. The van der Waals surface area contributed by atoms with Crippen molar-refractivity contribution in [3.63, 3.8) is 0 Å². The van der Waals surface area contributed by atoms with Gasteiger partial charge < -0.3 is 10.1 Å². The molecule has 0 radical (unpaired) electrons. The summed E-state index contributed by atoms with van der Waals surface area (Å²) in [6.45, 7) is 2.46. The minimum absolute atomic E-state index is 0.274. The van der Waals surface area contributed by atoms with Gasteiger partial charge in [0, 0.05) is 13.7 Å². The Morgan fingerprint density at radius 3 is 3.10 bits per heavy atom. The summed E-state index contributed by atoms with van der Waals surface area (Å²) < 4.78 is 20.5. The molecule has 2 aromatic rings. The Morgan fingerprint density at radius 2 is 2.30 bits per heavy atom. The third-order valence-corrected chi connectivity index (χ3v) is 3.60. The van der Waals surface area contributed by atoms with E-state index in [9.17, 15) is 4.39 Å². The van der Waals surface area contributed by atoms with E-state index < -0.39 is 0 Å². The van der Waals surface area contributed by atoms with E-state index in [4.69, 9.17) is 4.74 Å². The van der Waals surface area contributed by atoms with Crippen LogP contribution in [0.15, 0.2) is 29.0 Å². The van der Waals surface area contributed by atoms with E-state index in [1.807, 2.05) is 6.07 Å². The zero-order valence-corrected chi connectivity index (χ0v) is 12.7. The molecule has 0 aliphatic carbocycles. The molecule has 2 rings (SSSR count). The Labute approximate surface area is 125 Å². The Bertz CT molecular complexity index is 561. The molecule has 1 N–H and O–H groups in total. The molecule has 0 aliphatic rings. The second-order valence-corrected chi connectivity index (χ2v) is 5.03. The lowest BCUT2D eigenvalue weighted by Crippen LogP contribution is -2.19.